The lowest BCUT2D eigenvalue weighted by atomic mass is 10.3. The van der Waals surface area contributed by atoms with Gasteiger partial charge in [0, 0.05) is 19.5 Å². The highest BCUT2D eigenvalue weighted by Crippen LogP contribution is 2.24. The van der Waals surface area contributed by atoms with Crippen LogP contribution in [0.25, 0.3) is 0 Å². The van der Waals surface area contributed by atoms with E-state index in [1.165, 1.54) is 25.2 Å². The lowest BCUT2D eigenvalue weighted by Gasteiger charge is -2.07. The number of nitrogens with one attached hydrogen (secondary N) is 1. The van der Waals surface area contributed by atoms with Gasteiger partial charge in [-0.25, -0.2) is 17.9 Å². The third kappa shape index (κ3) is 4.70. The molecular formula is C14H15F3N4O2. The maximum atomic E-state index is 12.9. The maximum Gasteiger partial charge on any atom is 0.283 e. The van der Waals surface area contributed by atoms with Crippen molar-refractivity contribution in [2.75, 3.05) is 11.9 Å². The third-order valence-corrected chi connectivity index (χ3v) is 2.95. The molecular weight excluding hydrogens is 313 g/mol. The Labute approximate surface area is 130 Å². The number of carbonyl (C=O) groups excluding carboxylic acids is 1. The fraction of sp³-hybridized carbons (Fsp3) is 0.357. The lowest BCUT2D eigenvalue weighted by molar-refractivity contribution is -0.116. The monoisotopic (exact) mass is 328 g/mol. The summed E-state index contributed by atoms with van der Waals surface area (Å²) in [7, 11) is 1.32. The SMILES string of the molecule is Cn1nnc(NC(=O)CCCOc2cccc(F)c2)c1C(F)F. The highest BCUT2D eigenvalue weighted by Gasteiger charge is 2.21. The quantitative estimate of drug-likeness (QED) is 0.794. The molecule has 0 fully saturated rings. The zero-order valence-corrected chi connectivity index (χ0v) is 12.3. The highest BCUT2D eigenvalue weighted by molar-refractivity contribution is 5.90. The van der Waals surface area contributed by atoms with Crippen molar-refractivity contribution in [2.45, 2.75) is 19.3 Å². The predicted octanol–water partition coefficient (Wildman–Crippen LogP) is 2.69. The summed E-state index contributed by atoms with van der Waals surface area (Å²) in [4.78, 5) is 11.7. The van der Waals surface area contributed by atoms with E-state index in [2.05, 4.69) is 15.6 Å². The molecule has 2 aromatic rings. The van der Waals surface area contributed by atoms with Gasteiger partial charge < -0.3 is 10.1 Å². The van der Waals surface area contributed by atoms with Gasteiger partial charge in [0.05, 0.1) is 6.61 Å². The minimum Gasteiger partial charge on any atom is -0.493 e. The average molecular weight is 328 g/mol. The number of anilines is 1. The van der Waals surface area contributed by atoms with Crippen LogP contribution in [-0.4, -0.2) is 27.5 Å². The van der Waals surface area contributed by atoms with Gasteiger partial charge in [-0.2, -0.15) is 0 Å². The van der Waals surface area contributed by atoms with Gasteiger partial charge in [-0.3, -0.25) is 4.79 Å². The topological polar surface area (TPSA) is 69.0 Å². The number of halogens is 3. The second kappa shape index (κ2) is 7.61. The first kappa shape index (κ1) is 16.8. The van der Waals surface area contributed by atoms with E-state index in [1.54, 1.807) is 6.07 Å². The van der Waals surface area contributed by atoms with E-state index in [4.69, 9.17) is 4.74 Å². The first-order valence-corrected chi connectivity index (χ1v) is 6.83. The Morgan fingerprint density at radius 3 is 2.91 bits per heavy atom. The maximum absolute atomic E-state index is 12.9. The number of benzene rings is 1. The summed E-state index contributed by atoms with van der Waals surface area (Å²) in [5.74, 6) is -0.782. The molecule has 9 heteroatoms. The second-order valence-corrected chi connectivity index (χ2v) is 4.71. The molecule has 1 aromatic carbocycles. The van der Waals surface area contributed by atoms with Crippen molar-refractivity contribution >= 4 is 11.7 Å². The second-order valence-electron chi connectivity index (χ2n) is 4.71. The van der Waals surface area contributed by atoms with Gasteiger partial charge in [0.2, 0.25) is 5.91 Å². The van der Waals surface area contributed by atoms with E-state index < -0.39 is 23.8 Å². The third-order valence-electron chi connectivity index (χ3n) is 2.95. The number of alkyl halides is 2. The van der Waals surface area contributed by atoms with Crippen LogP contribution < -0.4 is 10.1 Å². The summed E-state index contributed by atoms with van der Waals surface area (Å²) in [6.07, 6.45) is -2.40. The number of amides is 1. The molecule has 0 aliphatic heterocycles. The molecule has 0 saturated heterocycles. The number of carbonyl (C=O) groups is 1. The highest BCUT2D eigenvalue weighted by atomic mass is 19.3. The van der Waals surface area contributed by atoms with Gasteiger partial charge in [0.1, 0.15) is 17.3 Å². The zero-order chi connectivity index (χ0) is 16.8. The van der Waals surface area contributed by atoms with E-state index in [0.717, 1.165) is 4.68 Å². The molecule has 0 saturated carbocycles. The summed E-state index contributed by atoms with van der Waals surface area (Å²) in [6, 6.07) is 5.63. The number of nitrogens with zero attached hydrogens (tertiary/aromatic N) is 3. The summed E-state index contributed by atoms with van der Waals surface area (Å²) < 4.78 is 44.7. The molecule has 23 heavy (non-hydrogen) atoms. The summed E-state index contributed by atoms with van der Waals surface area (Å²) >= 11 is 0. The van der Waals surface area contributed by atoms with Crippen LogP contribution in [0.5, 0.6) is 5.75 Å². The van der Waals surface area contributed by atoms with Crippen molar-refractivity contribution in [3.8, 4) is 5.75 Å². The molecule has 2 rings (SSSR count). The van der Waals surface area contributed by atoms with E-state index in [1.807, 2.05) is 0 Å². The van der Waals surface area contributed by atoms with Crippen molar-refractivity contribution < 1.29 is 22.7 Å². The minimum atomic E-state index is -2.79. The number of aromatic nitrogens is 3. The van der Waals surface area contributed by atoms with Crippen LogP contribution in [-0.2, 0) is 11.8 Å². The van der Waals surface area contributed by atoms with Crippen LogP contribution in [0, 0.1) is 5.82 Å². The first-order valence-electron chi connectivity index (χ1n) is 6.83. The van der Waals surface area contributed by atoms with Gasteiger partial charge in [0.25, 0.3) is 6.43 Å². The Morgan fingerprint density at radius 2 is 2.22 bits per heavy atom. The Balaban J connectivity index is 1.77. The predicted molar refractivity (Wildman–Crippen MR) is 75.7 cm³/mol. The summed E-state index contributed by atoms with van der Waals surface area (Å²) in [5, 5.41) is 9.23. The Kier molecular flexibility index (Phi) is 5.56. The molecule has 1 amide bonds. The number of rotatable bonds is 7. The van der Waals surface area contributed by atoms with Crippen LogP contribution in [0.4, 0.5) is 19.0 Å². The molecule has 1 aromatic heterocycles. The normalized spacial score (nSPS) is 10.8. The van der Waals surface area contributed by atoms with Crippen molar-refractivity contribution in [3.05, 3.63) is 35.8 Å². The number of ether oxygens (including phenoxy) is 1. The molecule has 0 bridgehead atoms. The fourth-order valence-corrected chi connectivity index (χ4v) is 1.87. The average Bonchev–Trinajstić information content (AvgIpc) is 2.84. The lowest BCUT2D eigenvalue weighted by Crippen LogP contribution is -2.15. The van der Waals surface area contributed by atoms with E-state index in [0.29, 0.717) is 12.2 Å². The number of hydrogen-bond donors (Lipinski definition) is 1. The van der Waals surface area contributed by atoms with Crippen molar-refractivity contribution in [1.29, 1.82) is 0 Å². The Hall–Kier alpha value is -2.58. The molecule has 0 unspecified atom stereocenters. The van der Waals surface area contributed by atoms with Crippen LogP contribution in [0.3, 0.4) is 0 Å². The van der Waals surface area contributed by atoms with E-state index in [-0.39, 0.29) is 18.8 Å². The van der Waals surface area contributed by atoms with Crippen molar-refractivity contribution in [3.63, 3.8) is 0 Å². The van der Waals surface area contributed by atoms with Gasteiger partial charge in [-0.05, 0) is 18.6 Å². The molecule has 0 radical (unpaired) electrons. The van der Waals surface area contributed by atoms with Crippen molar-refractivity contribution in [2.24, 2.45) is 7.05 Å². The van der Waals surface area contributed by atoms with Crippen LogP contribution in [0.15, 0.2) is 24.3 Å². The minimum absolute atomic E-state index is 0.0502. The van der Waals surface area contributed by atoms with Gasteiger partial charge >= 0.3 is 0 Å². The van der Waals surface area contributed by atoms with E-state index >= 15 is 0 Å². The molecule has 0 spiro atoms. The summed E-state index contributed by atoms with van der Waals surface area (Å²) in [5.41, 5.74) is -0.450. The van der Waals surface area contributed by atoms with Crippen LogP contribution >= 0.6 is 0 Å². The number of aryl methyl sites for hydroxylation is 1. The smallest absolute Gasteiger partial charge is 0.283 e. The van der Waals surface area contributed by atoms with Gasteiger partial charge in [0.15, 0.2) is 5.82 Å². The number of hydrogen-bond acceptors (Lipinski definition) is 4. The molecule has 6 nitrogen and oxygen atoms in total. The largest absolute Gasteiger partial charge is 0.493 e. The Bertz CT molecular complexity index is 676. The molecule has 1 N–H and O–H groups in total. The van der Waals surface area contributed by atoms with E-state index in [9.17, 15) is 18.0 Å². The van der Waals surface area contributed by atoms with Crippen LogP contribution in [0.1, 0.15) is 25.0 Å². The van der Waals surface area contributed by atoms with Gasteiger partial charge in [-0.15, -0.1) is 5.10 Å². The van der Waals surface area contributed by atoms with Gasteiger partial charge in [-0.1, -0.05) is 11.3 Å². The molecule has 0 aliphatic carbocycles. The van der Waals surface area contributed by atoms with Crippen LogP contribution in [0.2, 0.25) is 0 Å². The molecule has 0 aliphatic rings. The fourth-order valence-electron chi connectivity index (χ4n) is 1.87. The summed E-state index contributed by atoms with van der Waals surface area (Å²) in [6.45, 7) is 0.193. The molecule has 1 heterocycles. The molecule has 124 valence electrons. The first-order chi connectivity index (χ1) is 11.0. The molecule has 0 atom stereocenters. The Morgan fingerprint density at radius 1 is 1.43 bits per heavy atom. The standard InChI is InChI=1S/C14H15F3N4O2/c1-21-12(13(16)17)14(19-20-21)18-11(22)6-3-7-23-10-5-2-4-9(15)8-10/h2,4-5,8,13H,3,6-7H2,1H3,(H,18,22). The zero-order valence-electron chi connectivity index (χ0n) is 12.3. The van der Waals surface area contributed by atoms with Crippen molar-refractivity contribution in [1.82, 2.24) is 15.0 Å².